The van der Waals surface area contributed by atoms with Crippen LogP contribution in [0.5, 0.6) is 17.2 Å². The Bertz CT molecular complexity index is 1070. The van der Waals surface area contributed by atoms with Crippen LogP contribution in [-0.4, -0.2) is 76.6 Å². The molecule has 0 aromatic heterocycles. The molecule has 1 spiro atoms. The molecule has 0 unspecified atom stereocenters. The lowest BCUT2D eigenvalue weighted by Gasteiger charge is -2.60. The number of hydrogen-bond donors (Lipinski definition) is 4. The third-order valence-electron chi connectivity index (χ3n) is 9.29. The smallest absolute Gasteiger partial charge is 0.320 e. The summed E-state index contributed by atoms with van der Waals surface area (Å²) in [5, 5.41) is 33.1. The van der Waals surface area contributed by atoms with Crippen LogP contribution in [0, 0.1) is 11.8 Å². The van der Waals surface area contributed by atoms with Crippen molar-refractivity contribution in [2.45, 2.75) is 81.0 Å². The number of halogens is 2. The number of nitrogens with one attached hydrogen (secondary N) is 1. The highest BCUT2D eigenvalue weighted by Gasteiger charge is 2.66. The number of phenolic OH excluding ortho intramolecular Hbond substituents is 1. The van der Waals surface area contributed by atoms with Gasteiger partial charge in [-0.1, -0.05) is 0 Å². The molecule has 11 heteroatoms. The van der Waals surface area contributed by atoms with Crippen molar-refractivity contribution in [3.8, 4) is 17.2 Å². The fourth-order valence-corrected chi connectivity index (χ4v) is 7.69. The lowest BCUT2D eigenvalue weighted by molar-refractivity contribution is -0.141. The standard InChI is InChI=1S/C26H34N2O7.2ClH/c1-34-20-11-19(29)23-22-14(20)10-18-15-4-5-16(27-17(25(32)33)6-7-21(30)31)24(35-23)26(15,22)8-9-28(18)12-13-2-3-13;;/h11,13,15-18,24,27,29H,2-10,12H2,1H3,(H,30,31)(H,32,33);2*1H/t15-,16-,17-,18+,24-,26-;;/m0../s1. The second kappa shape index (κ2) is 10.3. The highest BCUT2D eigenvalue weighted by Crippen LogP contribution is 2.65. The molecule has 206 valence electrons. The van der Waals surface area contributed by atoms with Crippen molar-refractivity contribution in [2.24, 2.45) is 11.8 Å². The van der Waals surface area contributed by atoms with Gasteiger partial charge in [0.2, 0.25) is 0 Å². The van der Waals surface area contributed by atoms with Gasteiger partial charge in [-0.2, -0.15) is 0 Å². The van der Waals surface area contributed by atoms with Crippen LogP contribution in [0.4, 0.5) is 0 Å². The molecule has 3 fully saturated rings. The average molecular weight is 559 g/mol. The van der Waals surface area contributed by atoms with Crippen molar-refractivity contribution in [2.75, 3.05) is 20.2 Å². The Kier molecular flexibility index (Phi) is 7.83. The van der Waals surface area contributed by atoms with Gasteiger partial charge in [0.05, 0.1) is 7.11 Å². The van der Waals surface area contributed by atoms with Gasteiger partial charge in [0.15, 0.2) is 11.5 Å². The van der Waals surface area contributed by atoms with Gasteiger partial charge in [-0.25, -0.2) is 0 Å². The van der Waals surface area contributed by atoms with Gasteiger partial charge in [-0.05, 0) is 63.3 Å². The highest BCUT2D eigenvalue weighted by atomic mass is 35.5. The van der Waals surface area contributed by atoms with Crippen LogP contribution in [0.1, 0.15) is 56.1 Å². The largest absolute Gasteiger partial charge is 0.504 e. The number of phenols is 1. The minimum atomic E-state index is -1.05. The van der Waals surface area contributed by atoms with Crippen LogP contribution in [0.15, 0.2) is 6.07 Å². The van der Waals surface area contributed by atoms with Gasteiger partial charge in [0.25, 0.3) is 0 Å². The first-order chi connectivity index (χ1) is 16.8. The fourth-order valence-electron chi connectivity index (χ4n) is 7.69. The predicted octanol–water partition coefficient (Wildman–Crippen LogP) is 2.97. The molecule has 6 rings (SSSR count). The predicted molar refractivity (Wildman–Crippen MR) is 140 cm³/mol. The Morgan fingerprint density at radius 1 is 1.24 bits per heavy atom. The molecular weight excluding hydrogens is 523 g/mol. The SMILES string of the molecule is COc1cc(O)c2c3c1C[C@@H]1[C@@H]4CC[C@H](N[C@@H](CCC(=O)O)C(=O)O)[C@H](O2)[C@]34CCN1CC1CC1.Cl.Cl. The summed E-state index contributed by atoms with van der Waals surface area (Å²) >= 11 is 0. The Morgan fingerprint density at radius 3 is 2.65 bits per heavy atom. The zero-order valence-electron chi connectivity index (χ0n) is 20.9. The van der Waals surface area contributed by atoms with E-state index in [0.717, 1.165) is 55.8 Å². The molecule has 0 amide bonds. The number of benzene rings is 1. The maximum atomic E-state index is 12.0. The molecule has 3 aliphatic carbocycles. The molecule has 1 saturated heterocycles. The summed E-state index contributed by atoms with van der Waals surface area (Å²) < 4.78 is 12.3. The number of likely N-dealkylation sites (tertiary alicyclic amines) is 1. The molecule has 2 aliphatic heterocycles. The van der Waals surface area contributed by atoms with Crippen molar-refractivity contribution in [3.63, 3.8) is 0 Å². The van der Waals surface area contributed by atoms with Crippen molar-refractivity contribution < 1.29 is 34.4 Å². The Hall–Kier alpha value is -1.94. The molecule has 1 aromatic rings. The molecule has 5 aliphatic rings. The van der Waals surface area contributed by atoms with Crippen molar-refractivity contribution in [3.05, 3.63) is 17.2 Å². The van der Waals surface area contributed by atoms with Crippen LogP contribution >= 0.6 is 24.8 Å². The monoisotopic (exact) mass is 558 g/mol. The summed E-state index contributed by atoms with van der Waals surface area (Å²) in [6.45, 7) is 2.09. The number of methoxy groups -OCH3 is 1. The zero-order valence-corrected chi connectivity index (χ0v) is 22.5. The van der Waals surface area contributed by atoms with Crippen molar-refractivity contribution in [1.29, 1.82) is 0 Å². The summed E-state index contributed by atoms with van der Waals surface area (Å²) in [4.78, 5) is 25.7. The van der Waals surface area contributed by atoms with E-state index in [4.69, 9.17) is 14.6 Å². The van der Waals surface area contributed by atoms with E-state index in [2.05, 4.69) is 10.2 Å². The summed E-state index contributed by atoms with van der Waals surface area (Å²) in [6, 6.07) is 0.808. The van der Waals surface area contributed by atoms with Gasteiger partial charge >= 0.3 is 11.9 Å². The first kappa shape index (κ1) is 28.1. The van der Waals surface area contributed by atoms with Crippen LogP contribution in [0.25, 0.3) is 0 Å². The molecule has 6 atom stereocenters. The molecule has 0 radical (unpaired) electrons. The summed E-state index contributed by atoms with van der Waals surface area (Å²) in [6.07, 6.45) is 5.55. The van der Waals surface area contributed by atoms with E-state index in [-0.39, 0.29) is 61.0 Å². The minimum absolute atomic E-state index is 0. The van der Waals surface area contributed by atoms with E-state index in [1.165, 1.54) is 12.8 Å². The number of aliphatic carboxylic acids is 2. The lowest BCUT2D eigenvalue weighted by atomic mass is 9.51. The van der Waals surface area contributed by atoms with E-state index in [9.17, 15) is 19.8 Å². The van der Waals surface area contributed by atoms with Gasteiger partial charge in [0, 0.05) is 47.7 Å². The first-order valence-corrected chi connectivity index (χ1v) is 12.9. The number of hydrogen-bond acceptors (Lipinski definition) is 7. The second-order valence-electron chi connectivity index (χ2n) is 11.1. The summed E-state index contributed by atoms with van der Waals surface area (Å²) in [5.41, 5.74) is 1.87. The number of carboxylic acid groups (broad SMARTS) is 2. The van der Waals surface area contributed by atoms with Crippen LogP contribution in [0.2, 0.25) is 0 Å². The summed E-state index contributed by atoms with van der Waals surface area (Å²) in [5.74, 6) is 0.388. The number of carbonyl (C=O) groups is 2. The second-order valence-corrected chi connectivity index (χ2v) is 11.1. The van der Waals surface area contributed by atoms with Gasteiger partial charge in [0.1, 0.15) is 17.9 Å². The average Bonchev–Trinajstić information content (AvgIpc) is 3.57. The number of rotatable bonds is 9. The lowest BCUT2D eigenvalue weighted by Crippen LogP contribution is -2.69. The van der Waals surface area contributed by atoms with Gasteiger partial charge < -0.3 is 24.8 Å². The Balaban J connectivity index is 0.00000160. The minimum Gasteiger partial charge on any atom is -0.504 e. The Morgan fingerprint density at radius 2 is 2.00 bits per heavy atom. The zero-order chi connectivity index (χ0) is 24.5. The molecule has 37 heavy (non-hydrogen) atoms. The Labute approximate surface area is 228 Å². The number of aromatic hydroxyl groups is 1. The normalized spacial score (nSPS) is 31.7. The molecule has 2 saturated carbocycles. The van der Waals surface area contributed by atoms with E-state index >= 15 is 0 Å². The van der Waals surface area contributed by atoms with Crippen LogP contribution in [0.3, 0.4) is 0 Å². The fraction of sp³-hybridized carbons (Fsp3) is 0.692. The molecule has 2 bridgehead atoms. The quantitative estimate of drug-likeness (QED) is 0.361. The van der Waals surface area contributed by atoms with Gasteiger partial charge in [-0.3, -0.25) is 19.8 Å². The molecule has 4 N–H and O–H groups in total. The molecule has 9 nitrogen and oxygen atoms in total. The highest BCUT2D eigenvalue weighted by molar-refractivity contribution is 5.85. The molecule has 1 aromatic carbocycles. The van der Waals surface area contributed by atoms with Crippen molar-refractivity contribution >= 4 is 36.8 Å². The third kappa shape index (κ3) is 4.41. The third-order valence-corrected chi connectivity index (χ3v) is 9.29. The maximum absolute atomic E-state index is 12.0. The van der Waals surface area contributed by atoms with E-state index < -0.39 is 18.0 Å². The topological polar surface area (TPSA) is 129 Å². The molecular formula is C26H36Cl2N2O7. The van der Waals surface area contributed by atoms with E-state index in [1.807, 2.05) is 0 Å². The number of piperidine rings is 1. The van der Waals surface area contributed by atoms with Crippen molar-refractivity contribution in [1.82, 2.24) is 10.2 Å². The first-order valence-electron chi connectivity index (χ1n) is 12.9. The summed E-state index contributed by atoms with van der Waals surface area (Å²) in [7, 11) is 1.64. The maximum Gasteiger partial charge on any atom is 0.320 e. The van der Waals surface area contributed by atoms with E-state index in [1.54, 1.807) is 13.2 Å². The number of nitrogens with zero attached hydrogens (tertiary/aromatic N) is 1. The van der Waals surface area contributed by atoms with Crippen LogP contribution in [-0.2, 0) is 21.4 Å². The van der Waals surface area contributed by atoms with Crippen LogP contribution < -0.4 is 14.8 Å². The molecule has 2 heterocycles. The van der Waals surface area contributed by atoms with Gasteiger partial charge in [-0.15, -0.1) is 24.8 Å². The van der Waals surface area contributed by atoms with E-state index in [0.29, 0.717) is 23.5 Å². The number of carboxylic acids is 2. The number of ether oxygens (including phenoxy) is 2.